The van der Waals surface area contributed by atoms with E-state index < -0.39 is 18.1 Å². The van der Waals surface area contributed by atoms with Crippen LogP contribution >= 0.6 is 0 Å². The van der Waals surface area contributed by atoms with Crippen LogP contribution in [-0.4, -0.2) is 68.2 Å². The summed E-state index contributed by atoms with van der Waals surface area (Å²) in [7, 11) is 1.72. The monoisotopic (exact) mass is 482 g/mol. The van der Waals surface area contributed by atoms with Crippen molar-refractivity contribution in [1.29, 1.82) is 0 Å². The first-order valence-electron chi connectivity index (χ1n) is 11.6. The summed E-state index contributed by atoms with van der Waals surface area (Å²) < 4.78 is 16.3. The maximum absolute atomic E-state index is 13.3. The Labute approximate surface area is 200 Å². The first-order chi connectivity index (χ1) is 16.9. The SMILES string of the molecule is CNc1cc(Nc2cccn(C3CCN(C(C)=O)CC3)c2=O)nn2c(C(=O)NC3C[C@@H]3F)cnc12. The zero-order chi connectivity index (χ0) is 24.7. The van der Waals surface area contributed by atoms with Gasteiger partial charge in [0.25, 0.3) is 11.5 Å². The van der Waals surface area contributed by atoms with Gasteiger partial charge in [-0.25, -0.2) is 13.9 Å². The fraction of sp³-hybridized carbons (Fsp3) is 0.435. The fourth-order valence-electron chi connectivity index (χ4n) is 4.41. The Morgan fingerprint density at radius 2 is 1.94 bits per heavy atom. The number of hydrogen-bond acceptors (Lipinski definition) is 7. The zero-order valence-electron chi connectivity index (χ0n) is 19.5. The zero-order valence-corrected chi connectivity index (χ0v) is 19.5. The minimum Gasteiger partial charge on any atom is -0.385 e. The number of carbonyl (C=O) groups excluding carboxylic acids is 2. The number of nitrogens with one attached hydrogen (secondary N) is 3. The van der Waals surface area contributed by atoms with E-state index in [1.807, 2.05) is 0 Å². The average molecular weight is 483 g/mol. The first-order valence-corrected chi connectivity index (χ1v) is 11.6. The third kappa shape index (κ3) is 4.43. The molecule has 2 amide bonds. The molecule has 35 heavy (non-hydrogen) atoms. The van der Waals surface area contributed by atoms with E-state index in [2.05, 4.69) is 26.0 Å². The third-order valence-corrected chi connectivity index (χ3v) is 6.54. The average Bonchev–Trinajstić information content (AvgIpc) is 3.36. The molecule has 5 rings (SSSR count). The second kappa shape index (κ2) is 9.01. The molecule has 0 spiro atoms. The Hall–Kier alpha value is -3.96. The van der Waals surface area contributed by atoms with Gasteiger partial charge in [0.1, 0.15) is 11.9 Å². The van der Waals surface area contributed by atoms with E-state index in [1.54, 1.807) is 47.8 Å². The van der Waals surface area contributed by atoms with Crippen molar-refractivity contribution in [3.8, 4) is 0 Å². The van der Waals surface area contributed by atoms with Crippen molar-refractivity contribution >= 4 is 34.7 Å². The Kier molecular flexibility index (Phi) is 5.87. The molecule has 1 unspecified atom stereocenters. The molecule has 1 saturated heterocycles. The van der Waals surface area contributed by atoms with Gasteiger partial charge in [-0.05, 0) is 25.0 Å². The van der Waals surface area contributed by atoms with Crippen LogP contribution in [0, 0.1) is 0 Å². The van der Waals surface area contributed by atoms with E-state index in [1.165, 1.54) is 10.7 Å². The van der Waals surface area contributed by atoms with Crippen LogP contribution in [0.2, 0.25) is 0 Å². The lowest BCUT2D eigenvalue weighted by Crippen LogP contribution is -2.39. The number of piperidine rings is 1. The van der Waals surface area contributed by atoms with Gasteiger partial charge in [-0.3, -0.25) is 14.4 Å². The number of amides is 2. The van der Waals surface area contributed by atoms with Crippen LogP contribution in [0.1, 0.15) is 42.7 Å². The number of anilines is 3. The Balaban J connectivity index is 1.42. The van der Waals surface area contributed by atoms with Crippen molar-refractivity contribution in [2.24, 2.45) is 0 Å². The van der Waals surface area contributed by atoms with Crippen LogP contribution in [-0.2, 0) is 4.79 Å². The summed E-state index contributed by atoms with van der Waals surface area (Å²) in [6.07, 6.45) is 3.83. The smallest absolute Gasteiger partial charge is 0.274 e. The number of aromatic nitrogens is 4. The van der Waals surface area contributed by atoms with Gasteiger partial charge in [-0.15, -0.1) is 5.10 Å². The number of nitrogens with zero attached hydrogens (tertiary/aromatic N) is 5. The maximum atomic E-state index is 13.3. The van der Waals surface area contributed by atoms with Crippen molar-refractivity contribution in [2.75, 3.05) is 30.8 Å². The summed E-state index contributed by atoms with van der Waals surface area (Å²) in [6.45, 7) is 2.78. The molecule has 3 aromatic rings. The number of imidazole rings is 1. The summed E-state index contributed by atoms with van der Waals surface area (Å²) in [5.74, 6) is -0.0829. The van der Waals surface area contributed by atoms with E-state index >= 15 is 0 Å². The number of hydrogen-bond donors (Lipinski definition) is 3. The van der Waals surface area contributed by atoms with Crippen molar-refractivity contribution in [1.82, 2.24) is 29.4 Å². The number of pyridine rings is 1. The van der Waals surface area contributed by atoms with Crippen molar-refractivity contribution in [3.63, 3.8) is 0 Å². The number of likely N-dealkylation sites (tertiary alicyclic amines) is 1. The van der Waals surface area contributed by atoms with Crippen LogP contribution in [0.4, 0.5) is 21.6 Å². The van der Waals surface area contributed by atoms with E-state index in [0.29, 0.717) is 55.2 Å². The van der Waals surface area contributed by atoms with Gasteiger partial charge in [0.2, 0.25) is 5.91 Å². The molecular formula is C23H27FN8O3. The molecule has 2 fully saturated rings. The van der Waals surface area contributed by atoms with Gasteiger partial charge in [-0.2, -0.15) is 0 Å². The van der Waals surface area contributed by atoms with Crippen LogP contribution in [0.3, 0.4) is 0 Å². The second-order valence-electron chi connectivity index (χ2n) is 8.90. The molecule has 0 radical (unpaired) electrons. The first kappa shape index (κ1) is 22.8. The van der Waals surface area contributed by atoms with Crippen molar-refractivity contribution < 1.29 is 14.0 Å². The largest absolute Gasteiger partial charge is 0.385 e. The number of halogens is 1. The lowest BCUT2D eigenvalue weighted by molar-refractivity contribution is -0.130. The quantitative estimate of drug-likeness (QED) is 0.488. The predicted molar refractivity (Wildman–Crippen MR) is 128 cm³/mol. The molecule has 1 aliphatic heterocycles. The van der Waals surface area contributed by atoms with Gasteiger partial charge < -0.3 is 25.4 Å². The minimum atomic E-state index is -1.02. The van der Waals surface area contributed by atoms with E-state index in [-0.39, 0.29) is 23.2 Å². The lowest BCUT2D eigenvalue weighted by atomic mass is 10.0. The molecule has 12 heteroatoms. The number of fused-ring (bicyclic) bond motifs is 1. The number of rotatable bonds is 6. The lowest BCUT2D eigenvalue weighted by Gasteiger charge is -2.32. The second-order valence-corrected chi connectivity index (χ2v) is 8.90. The molecule has 1 aliphatic carbocycles. The standard InChI is InChI=1S/C23H27FN8O3/c1-13(33)30-8-5-14(6-9-30)31-7-3-4-16(23(31)35)27-20-11-18(25-2)21-26-12-19(32(21)29-20)22(34)28-17-10-15(17)24/h3-4,7,11-12,14-15,17,25H,5-6,8-10H2,1-2H3,(H,27,29)(H,28,34)/t15-,17?/m0/s1. The molecule has 0 bridgehead atoms. The van der Waals surface area contributed by atoms with Gasteiger partial charge in [0, 0.05) is 51.8 Å². The highest BCUT2D eigenvalue weighted by Crippen LogP contribution is 2.26. The Morgan fingerprint density at radius 3 is 2.60 bits per heavy atom. The third-order valence-electron chi connectivity index (χ3n) is 6.54. The summed E-state index contributed by atoms with van der Waals surface area (Å²) in [6, 6.07) is 4.67. The Bertz CT molecular complexity index is 1340. The van der Waals surface area contributed by atoms with E-state index in [0.717, 1.165) is 0 Å². The van der Waals surface area contributed by atoms with Crippen LogP contribution in [0.25, 0.3) is 5.65 Å². The topological polar surface area (TPSA) is 126 Å². The summed E-state index contributed by atoms with van der Waals surface area (Å²) in [4.78, 5) is 43.6. The highest BCUT2D eigenvalue weighted by molar-refractivity contribution is 5.94. The summed E-state index contributed by atoms with van der Waals surface area (Å²) >= 11 is 0. The van der Waals surface area contributed by atoms with Gasteiger partial charge >= 0.3 is 0 Å². The highest BCUT2D eigenvalue weighted by Gasteiger charge is 2.39. The number of carbonyl (C=O) groups is 2. The number of alkyl halides is 1. The van der Waals surface area contributed by atoms with E-state index in [9.17, 15) is 18.8 Å². The van der Waals surface area contributed by atoms with Gasteiger partial charge in [0.05, 0.1) is 17.9 Å². The molecule has 184 valence electrons. The van der Waals surface area contributed by atoms with Gasteiger partial charge in [-0.1, -0.05) is 0 Å². The predicted octanol–water partition coefficient (Wildman–Crippen LogP) is 1.70. The minimum absolute atomic E-state index is 0.00568. The molecule has 11 nitrogen and oxygen atoms in total. The molecule has 2 aliphatic rings. The summed E-state index contributed by atoms with van der Waals surface area (Å²) in [5.41, 5.74) is 1.33. The fourth-order valence-corrected chi connectivity index (χ4v) is 4.41. The van der Waals surface area contributed by atoms with Crippen LogP contribution < -0.4 is 21.5 Å². The molecule has 3 aromatic heterocycles. The molecule has 1 saturated carbocycles. The molecule has 0 aromatic carbocycles. The van der Waals surface area contributed by atoms with E-state index in [4.69, 9.17) is 0 Å². The Morgan fingerprint density at radius 1 is 1.20 bits per heavy atom. The normalized spacial score (nSPS) is 20.0. The summed E-state index contributed by atoms with van der Waals surface area (Å²) in [5, 5.41) is 13.2. The van der Waals surface area contributed by atoms with Crippen LogP contribution in [0.5, 0.6) is 0 Å². The van der Waals surface area contributed by atoms with Crippen LogP contribution in [0.15, 0.2) is 35.4 Å². The molecule has 2 atom stereocenters. The van der Waals surface area contributed by atoms with Gasteiger partial charge in [0.15, 0.2) is 17.2 Å². The molecular weight excluding hydrogens is 455 g/mol. The maximum Gasteiger partial charge on any atom is 0.274 e. The highest BCUT2D eigenvalue weighted by atomic mass is 19.1. The molecule has 3 N–H and O–H groups in total. The molecule has 4 heterocycles. The van der Waals surface area contributed by atoms with Crippen molar-refractivity contribution in [3.05, 3.63) is 46.6 Å². The van der Waals surface area contributed by atoms with Crippen molar-refractivity contribution in [2.45, 2.75) is 44.4 Å².